The first kappa shape index (κ1) is 15.2. The Morgan fingerprint density at radius 3 is 2.55 bits per heavy atom. The smallest absolute Gasteiger partial charge is 0.123 e. The molecule has 1 aliphatic rings. The van der Waals surface area contributed by atoms with Gasteiger partial charge in [0.25, 0.3) is 0 Å². The molecule has 1 aromatic carbocycles. The number of anilines is 1. The molecule has 1 fully saturated rings. The molecule has 0 bridgehead atoms. The number of ether oxygens (including phenoxy) is 2. The topological polar surface area (TPSA) is 44.5 Å². The minimum absolute atomic E-state index is 0.259. The Balaban J connectivity index is 2.17. The largest absolute Gasteiger partial charge is 0.490 e. The molecule has 0 saturated heterocycles. The summed E-state index contributed by atoms with van der Waals surface area (Å²) < 4.78 is 11.8. The maximum absolute atomic E-state index is 6.28. The Hall–Kier alpha value is -1.22. The van der Waals surface area contributed by atoms with Gasteiger partial charge < -0.3 is 15.2 Å². The highest BCUT2D eigenvalue weighted by molar-refractivity contribution is 5.55. The summed E-state index contributed by atoms with van der Waals surface area (Å²) in [5.41, 5.74) is 9.16. The van der Waals surface area contributed by atoms with Crippen molar-refractivity contribution >= 4 is 5.69 Å². The fourth-order valence-corrected chi connectivity index (χ4v) is 2.87. The van der Waals surface area contributed by atoms with Crippen LogP contribution in [0.2, 0.25) is 0 Å². The number of aryl methyl sites for hydroxylation is 1. The SMILES string of the molecule is COC1CCCC(Oc2cc(C)c(N)cc2C(C)C)C1. The summed E-state index contributed by atoms with van der Waals surface area (Å²) in [4.78, 5) is 0. The zero-order valence-electron chi connectivity index (χ0n) is 13.1. The van der Waals surface area contributed by atoms with Crippen molar-refractivity contribution < 1.29 is 9.47 Å². The Labute approximate surface area is 122 Å². The third-order valence-corrected chi connectivity index (χ3v) is 4.23. The molecule has 0 heterocycles. The summed E-state index contributed by atoms with van der Waals surface area (Å²) in [7, 11) is 1.79. The van der Waals surface area contributed by atoms with Gasteiger partial charge in [-0.05, 0) is 55.4 Å². The highest BCUT2D eigenvalue weighted by Gasteiger charge is 2.24. The van der Waals surface area contributed by atoms with Crippen molar-refractivity contribution in [3.63, 3.8) is 0 Å². The third kappa shape index (κ3) is 3.45. The van der Waals surface area contributed by atoms with Crippen LogP contribution in [0, 0.1) is 6.92 Å². The number of nitrogens with two attached hydrogens (primary N) is 1. The van der Waals surface area contributed by atoms with Crippen molar-refractivity contribution in [3.8, 4) is 5.75 Å². The van der Waals surface area contributed by atoms with Crippen molar-refractivity contribution in [2.24, 2.45) is 0 Å². The average Bonchev–Trinajstić information content (AvgIpc) is 2.42. The second-order valence-corrected chi connectivity index (χ2v) is 6.17. The zero-order chi connectivity index (χ0) is 14.7. The minimum atomic E-state index is 0.259. The van der Waals surface area contributed by atoms with E-state index in [4.69, 9.17) is 15.2 Å². The van der Waals surface area contributed by atoms with E-state index in [1.165, 1.54) is 12.0 Å². The van der Waals surface area contributed by atoms with E-state index in [1.54, 1.807) is 7.11 Å². The van der Waals surface area contributed by atoms with Crippen LogP contribution in [0.25, 0.3) is 0 Å². The summed E-state index contributed by atoms with van der Waals surface area (Å²) in [5, 5.41) is 0. The standard InChI is InChI=1S/C17H27NO2/c1-11(2)15-10-16(18)12(3)8-17(15)20-14-7-5-6-13(9-14)19-4/h8,10-11,13-14H,5-7,9,18H2,1-4H3. The molecule has 2 unspecified atom stereocenters. The molecule has 0 aliphatic heterocycles. The lowest BCUT2D eigenvalue weighted by atomic mass is 9.94. The van der Waals surface area contributed by atoms with Gasteiger partial charge in [-0.1, -0.05) is 13.8 Å². The molecule has 0 spiro atoms. The van der Waals surface area contributed by atoms with Gasteiger partial charge in [0.15, 0.2) is 0 Å². The van der Waals surface area contributed by atoms with Crippen molar-refractivity contribution in [3.05, 3.63) is 23.3 Å². The molecular formula is C17H27NO2. The molecular weight excluding hydrogens is 250 g/mol. The van der Waals surface area contributed by atoms with Crippen molar-refractivity contribution in [1.29, 1.82) is 0 Å². The maximum Gasteiger partial charge on any atom is 0.123 e. The average molecular weight is 277 g/mol. The molecule has 0 amide bonds. The highest BCUT2D eigenvalue weighted by Crippen LogP contribution is 2.34. The lowest BCUT2D eigenvalue weighted by Gasteiger charge is -2.30. The summed E-state index contributed by atoms with van der Waals surface area (Å²) >= 11 is 0. The van der Waals surface area contributed by atoms with Gasteiger partial charge in [0.2, 0.25) is 0 Å². The summed E-state index contributed by atoms with van der Waals surface area (Å²) in [6, 6.07) is 4.15. The van der Waals surface area contributed by atoms with E-state index in [0.717, 1.165) is 36.3 Å². The number of methoxy groups -OCH3 is 1. The summed E-state index contributed by atoms with van der Waals surface area (Å²) in [5.74, 6) is 1.41. The molecule has 3 nitrogen and oxygen atoms in total. The first-order chi connectivity index (χ1) is 9.51. The fraction of sp³-hybridized carbons (Fsp3) is 0.647. The van der Waals surface area contributed by atoms with Crippen LogP contribution in [0.5, 0.6) is 5.75 Å². The zero-order valence-corrected chi connectivity index (χ0v) is 13.1. The number of hydrogen-bond donors (Lipinski definition) is 1. The van der Waals surface area contributed by atoms with Crippen LogP contribution >= 0.6 is 0 Å². The first-order valence-electron chi connectivity index (χ1n) is 7.60. The monoisotopic (exact) mass is 277 g/mol. The van der Waals surface area contributed by atoms with Crippen LogP contribution in [-0.4, -0.2) is 19.3 Å². The molecule has 20 heavy (non-hydrogen) atoms. The molecule has 1 aliphatic carbocycles. The van der Waals surface area contributed by atoms with Crippen molar-refractivity contribution in [2.75, 3.05) is 12.8 Å². The van der Waals surface area contributed by atoms with Gasteiger partial charge in [0, 0.05) is 19.2 Å². The van der Waals surface area contributed by atoms with Crippen LogP contribution < -0.4 is 10.5 Å². The summed E-state index contributed by atoms with van der Waals surface area (Å²) in [6.45, 7) is 6.39. The predicted octanol–water partition coefficient (Wildman–Crippen LogP) is 4.04. The van der Waals surface area contributed by atoms with E-state index in [-0.39, 0.29) is 6.10 Å². The van der Waals surface area contributed by atoms with E-state index in [1.807, 2.05) is 6.92 Å². The molecule has 2 rings (SSSR count). The van der Waals surface area contributed by atoms with E-state index in [9.17, 15) is 0 Å². The fourth-order valence-electron chi connectivity index (χ4n) is 2.87. The van der Waals surface area contributed by atoms with E-state index in [2.05, 4.69) is 26.0 Å². The predicted molar refractivity (Wildman–Crippen MR) is 83.4 cm³/mol. The van der Waals surface area contributed by atoms with Gasteiger partial charge >= 0.3 is 0 Å². The molecule has 1 aromatic rings. The van der Waals surface area contributed by atoms with Crippen molar-refractivity contribution in [1.82, 2.24) is 0 Å². The Morgan fingerprint density at radius 2 is 1.90 bits per heavy atom. The van der Waals surface area contributed by atoms with E-state index < -0.39 is 0 Å². The lowest BCUT2D eigenvalue weighted by molar-refractivity contribution is 0.0206. The maximum atomic E-state index is 6.28. The number of rotatable bonds is 4. The number of nitrogen functional groups attached to an aromatic ring is 1. The lowest BCUT2D eigenvalue weighted by Crippen LogP contribution is -2.29. The van der Waals surface area contributed by atoms with Crippen LogP contribution in [0.4, 0.5) is 5.69 Å². The molecule has 2 N–H and O–H groups in total. The van der Waals surface area contributed by atoms with Crippen LogP contribution in [-0.2, 0) is 4.74 Å². The van der Waals surface area contributed by atoms with Crippen LogP contribution in [0.1, 0.15) is 56.6 Å². The number of hydrogen-bond acceptors (Lipinski definition) is 3. The van der Waals surface area contributed by atoms with Gasteiger partial charge in [-0.25, -0.2) is 0 Å². The Morgan fingerprint density at radius 1 is 1.20 bits per heavy atom. The van der Waals surface area contributed by atoms with Gasteiger partial charge in [-0.3, -0.25) is 0 Å². The van der Waals surface area contributed by atoms with Crippen molar-refractivity contribution in [2.45, 2.75) is 64.6 Å². The molecule has 112 valence electrons. The Kier molecular flexibility index (Phi) is 4.92. The van der Waals surface area contributed by atoms with Gasteiger partial charge in [0.1, 0.15) is 11.9 Å². The second-order valence-electron chi connectivity index (χ2n) is 6.17. The van der Waals surface area contributed by atoms with Crippen LogP contribution in [0.15, 0.2) is 12.1 Å². The molecule has 3 heteroatoms. The third-order valence-electron chi connectivity index (χ3n) is 4.23. The molecule has 0 radical (unpaired) electrons. The van der Waals surface area contributed by atoms with E-state index >= 15 is 0 Å². The molecule has 1 saturated carbocycles. The Bertz CT molecular complexity index is 457. The second kappa shape index (κ2) is 6.49. The van der Waals surface area contributed by atoms with E-state index in [0.29, 0.717) is 12.0 Å². The minimum Gasteiger partial charge on any atom is -0.490 e. The van der Waals surface area contributed by atoms with Gasteiger partial charge in [0.05, 0.1) is 6.10 Å². The number of benzene rings is 1. The van der Waals surface area contributed by atoms with Crippen LogP contribution in [0.3, 0.4) is 0 Å². The first-order valence-corrected chi connectivity index (χ1v) is 7.60. The summed E-state index contributed by atoms with van der Waals surface area (Å²) in [6.07, 6.45) is 5.01. The van der Waals surface area contributed by atoms with Gasteiger partial charge in [-0.15, -0.1) is 0 Å². The molecule has 2 atom stereocenters. The molecule has 0 aromatic heterocycles. The van der Waals surface area contributed by atoms with Gasteiger partial charge in [-0.2, -0.15) is 0 Å². The quantitative estimate of drug-likeness (QED) is 0.845. The highest BCUT2D eigenvalue weighted by atomic mass is 16.5. The normalized spacial score (nSPS) is 23.1.